The van der Waals surface area contributed by atoms with Crippen LogP contribution in [0.2, 0.25) is 0 Å². The minimum atomic E-state index is -0.499. The standard InChI is InChI=1S/C22H15BrN4O3/c23-17-9-10-20-24-22(19-7-2-1-5-16(19)13-26(20)14-17)25-21(28)11-8-15-4-3-6-18(12-15)27(29)30/h1-12,14H,13H2. The highest BCUT2D eigenvalue weighted by molar-refractivity contribution is 9.11. The van der Waals surface area contributed by atoms with E-state index in [9.17, 15) is 14.9 Å². The summed E-state index contributed by atoms with van der Waals surface area (Å²) in [6.07, 6.45) is 8.46. The molecule has 0 aliphatic carbocycles. The number of hydrogen-bond acceptors (Lipinski definition) is 4. The second-order valence-electron chi connectivity index (χ2n) is 6.56. The SMILES string of the molecule is O=C(C=Cc1cccc([N+](=O)[O-])c1)N=C1N=C2C=CC(Br)=CN2Cc2ccccc21. The molecule has 148 valence electrons. The second-order valence-corrected chi connectivity index (χ2v) is 7.48. The molecular formula is C22H15BrN4O3. The molecule has 0 N–H and O–H groups in total. The zero-order valence-corrected chi connectivity index (χ0v) is 17.2. The quantitative estimate of drug-likeness (QED) is 0.378. The van der Waals surface area contributed by atoms with E-state index < -0.39 is 10.8 Å². The van der Waals surface area contributed by atoms with Crippen molar-refractivity contribution in [1.82, 2.24) is 4.90 Å². The number of non-ortho nitro benzene ring substituents is 1. The molecule has 2 aliphatic heterocycles. The summed E-state index contributed by atoms with van der Waals surface area (Å²) in [6.45, 7) is 0.602. The van der Waals surface area contributed by atoms with Gasteiger partial charge in [-0.2, -0.15) is 4.99 Å². The summed E-state index contributed by atoms with van der Waals surface area (Å²) in [7, 11) is 0. The molecule has 0 spiro atoms. The molecule has 0 saturated heterocycles. The first kappa shape index (κ1) is 19.7. The maximum atomic E-state index is 12.5. The van der Waals surface area contributed by atoms with E-state index in [0.717, 1.165) is 15.6 Å². The molecule has 0 aromatic heterocycles. The van der Waals surface area contributed by atoms with Gasteiger partial charge in [0.05, 0.1) is 4.92 Å². The maximum Gasteiger partial charge on any atom is 0.271 e. The van der Waals surface area contributed by atoms with Crippen molar-refractivity contribution in [2.75, 3.05) is 0 Å². The predicted molar refractivity (Wildman–Crippen MR) is 119 cm³/mol. The molecule has 30 heavy (non-hydrogen) atoms. The number of nitrogens with zero attached hydrogens (tertiary/aromatic N) is 4. The van der Waals surface area contributed by atoms with E-state index in [-0.39, 0.29) is 5.69 Å². The minimum absolute atomic E-state index is 0.0385. The molecular weight excluding hydrogens is 448 g/mol. The highest BCUT2D eigenvalue weighted by atomic mass is 79.9. The fourth-order valence-corrected chi connectivity index (χ4v) is 3.48. The molecule has 0 radical (unpaired) electrons. The van der Waals surface area contributed by atoms with Gasteiger partial charge in [-0.3, -0.25) is 14.9 Å². The highest BCUT2D eigenvalue weighted by Gasteiger charge is 2.21. The average molecular weight is 463 g/mol. The number of fused-ring (bicyclic) bond motifs is 2. The van der Waals surface area contributed by atoms with Crippen molar-refractivity contribution < 1.29 is 9.72 Å². The fraction of sp³-hybridized carbons (Fsp3) is 0.0455. The molecule has 1 amide bonds. The Morgan fingerprint density at radius 1 is 1.20 bits per heavy atom. The van der Waals surface area contributed by atoms with Crippen molar-refractivity contribution in [2.24, 2.45) is 9.98 Å². The van der Waals surface area contributed by atoms with Gasteiger partial charge in [-0.25, -0.2) is 4.99 Å². The topological polar surface area (TPSA) is 88.2 Å². The van der Waals surface area contributed by atoms with Crippen LogP contribution in [0.3, 0.4) is 0 Å². The van der Waals surface area contributed by atoms with Gasteiger partial charge < -0.3 is 4.90 Å². The number of nitro benzene ring substituents is 1. The number of carbonyl (C=O) groups is 1. The van der Waals surface area contributed by atoms with Crippen LogP contribution in [0, 0.1) is 10.1 Å². The van der Waals surface area contributed by atoms with Crippen molar-refractivity contribution in [3.8, 4) is 0 Å². The zero-order chi connectivity index (χ0) is 21.1. The van der Waals surface area contributed by atoms with Crippen LogP contribution in [0.4, 0.5) is 5.69 Å². The van der Waals surface area contributed by atoms with E-state index in [1.165, 1.54) is 24.3 Å². The Morgan fingerprint density at radius 3 is 2.87 bits per heavy atom. The first-order valence-electron chi connectivity index (χ1n) is 9.04. The van der Waals surface area contributed by atoms with Gasteiger partial charge >= 0.3 is 0 Å². The molecule has 2 aromatic rings. The maximum absolute atomic E-state index is 12.5. The summed E-state index contributed by atoms with van der Waals surface area (Å²) in [4.78, 5) is 33.7. The third-order valence-electron chi connectivity index (χ3n) is 4.50. The second kappa shape index (κ2) is 8.38. The first-order chi connectivity index (χ1) is 14.5. The number of amidine groups is 2. The number of rotatable bonds is 3. The van der Waals surface area contributed by atoms with Crippen LogP contribution < -0.4 is 0 Å². The van der Waals surface area contributed by atoms with E-state index in [1.807, 2.05) is 47.5 Å². The van der Waals surface area contributed by atoms with Crippen LogP contribution in [0.1, 0.15) is 16.7 Å². The van der Waals surface area contributed by atoms with Crippen LogP contribution in [-0.2, 0) is 11.3 Å². The van der Waals surface area contributed by atoms with E-state index in [2.05, 4.69) is 25.9 Å². The number of aliphatic imine (C=N–C) groups is 2. The highest BCUT2D eigenvalue weighted by Crippen LogP contribution is 2.24. The van der Waals surface area contributed by atoms with Crippen LogP contribution >= 0.6 is 15.9 Å². The molecule has 0 unspecified atom stereocenters. The Hall–Kier alpha value is -3.65. The molecule has 0 fully saturated rings. The summed E-state index contributed by atoms with van der Waals surface area (Å²) in [5, 5.41) is 10.9. The number of amides is 1. The molecule has 7 nitrogen and oxygen atoms in total. The van der Waals surface area contributed by atoms with Crippen LogP contribution in [0.15, 0.2) is 87.4 Å². The number of halogens is 1. The van der Waals surface area contributed by atoms with Gasteiger partial charge in [-0.15, -0.1) is 0 Å². The third-order valence-corrected chi connectivity index (χ3v) is 4.97. The Bertz CT molecular complexity index is 1190. The molecule has 8 heteroatoms. The van der Waals surface area contributed by atoms with Gasteiger partial charge in [0, 0.05) is 41.0 Å². The number of benzene rings is 2. The van der Waals surface area contributed by atoms with Crippen LogP contribution in [0.5, 0.6) is 0 Å². The average Bonchev–Trinajstić information content (AvgIpc) is 2.88. The Balaban J connectivity index is 1.67. The number of carbonyl (C=O) groups excluding carboxylic acids is 1. The lowest BCUT2D eigenvalue weighted by atomic mass is 10.1. The number of hydrogen-bond donors (Lipinski definition) is 0. The van der Waals surface area contributed by atoms with Gasteiger partial charge in [0.2, 0.25) is 0 Å². The van der Waals surface area contributed by atoms with Gasteiger partial charge in [-0.1, -0.05) is 36.4 Å². The Morgan fingerprint density at radius 2 is 2.03 bits per heavy atom. The minimum Gasteiger partial charge on any atom is -0.327 e. The summed E-state index contributed by atoms with van der Waals surface area (Å²) in [5.41, 5.74) is 2.29. The lowest BCUT2D eigenvalue weighted by Gasteiger charge is -2.21. The fourth-order valence-electron chi connectivity index (χ4n) is 3.10. The smallest absolute Gasteiger partial charge is 0.271 e. The third kappa shape index (κ3) is 4.33. The molecule has 0 saturated carbocycles. The van der Waals surface area contributed by atoms with Crippen LogP contribution in [0.25, 0.3) is 6.08 Å². The number of nitro groups is 1. The summed E-state index contributed by atoms with van der Waals surface area (Å²) in [6, 6.07) is 13.7. The van der Waals surface area contributed by atoms with Crippen molar-refractivity contribution in [1.29, 1.82) is 0 Å². The summed E-state index contributed by atoms with van der Waals surface area (Å²) < 4.78 is 0.926. The monoisotopic (exact) mass is 462 g/mol. The molecule has 2 aliphatic rings. The summed E-state index contributed by atoms with van der Waals surface area (Å²) >= 11 is 3.47. The van der Waals surface area contributed by atoms with Crippen LogP contribution in [-0.4, -0.2) is 27.4 Å². The van der Waals surface area contributed by atoms with E-state index >= 15 is 0 Å². The van der Waals surface area contributed by atoms with Gasteiger partial charge in [0.1, 0.15) is 5.84 Å². The van der Waals surface area contributed by atoms with Crippen molar-refractivity contribution >= 4 is 45.3 Å². The van der Waals surface area contributed by atoms with Crippen molar-refractivity contribution in [3.05, 3.63) is 104 Å². The van der Waals surface area contributed by atoms with Gasteiger partial charge in [0.15, 0.2) is 5.84 Å². The number of allylic oxidation sites excluding steroid dienone is 2. The zero-order valence-electron chi connectivity index (χ0n) is 15.6. The molecule has 0 atom stereocenters. The molecule has 0 bridgehead atoms. The lowest BCUT2D eigenvalue weighted by Crippen LogP contribution is -2.24. The predicted octanol–water partition coefficient (Wildman–Crippen LogP) is 4.60. The van der Waals surface area contributed by atoms with Gasteiger partial charge in [0.25, 0.3) is 11.6 Å². The largest absolute Gasteiger partial charge is 0.327 e. The summed E-state index contributed by atoms with van der Waals surface area (Å²) in [5.74, 6) is 0.511. The molecule has 4 rings (SSSR count). The first-order valence-corrected chi connectivity index (χ1v) is 9.83. The van der Waals surface area contributed by atoms with E-state index in [0.29, 0.717) is 23.8 Å². The van der Waals surface area contributed by atoms with E-state index in [4.69, 9.17) is 0 Å². The van der Waals surface area contributed by atoms with Gasteiger partial charge in [-0.05, 0) is 45.3 Å². The molecule has 2 heterocycles. The van der Waals surface area contributed by atoms with Crippen molar-refractivity contribution in [2.45, 2.75) is 6.54 Å². The normalized spacial score (nSPS) is 16.6. The Labute approximate surface area is 180 Å². The molecule has 2 aromatic carbocycles. The lowest BCUT2D eigenvalue weighted by molar-refractivity contribution is -0.384. The van der Waals surface area contributed by atoms with Crippen molar-refractivity contribution in [3.63, 3.8) is 0 Å². The Kier molecular flexibility index (Phi) is 5.49. The van der Waals surface area contributed by atoms with E-state index in [1.54, 1.807) is 12.1 Å².